The minimum absolute atomic E-state index is 0.0332. The van der Waals surface area contributed by atoms with Crippen LogP contribution in [0.3, 0.4) is 0 Å². The van der Waals surface area contributed by atoms with Crippen molar-refractivity contribution < 1.29 is 42.1 Å². The summed E-state index contributed by atoms with van der Waals surface area (Å²) < 4.78 is 34.2. The zero-order valence-electron chi connectivity index (χ0n) is 32.4. The van der Waals surface area contributed by atoms with Crippen LogP contribution >= 0.6 is 7.82 Å². The number of hydrogen-bond acceptors (Lipinski definition) is 7. The normalized spacial score (nSPS) is 13.8. The van der Waals surface area contributed by atoms with Crippen molar-refractivity contribution in [1.29, 1.82) is 0 Å². The molecule has 9 nitrogen and oxygen atoms in total. The van der Waals surface area contributed by atoms with Gasteiger partial charge in [-0.05, 0) is 38.5 Å². The summed E-state index contributed by atoms with van der Waals surface area (Å²) in [4.78, 5) is 35.2. The third-order valence-corrected chi connectivity index (χ3v) is 9.53. The van der Waals surface area contributed by atoms with Crippen LogP contribution in [0.1, 0.15) is 174 Å². The van der Waals surface area contributed by atoms with Gasteiger partial charge in [0.15, 0.2) is 6.10 Å². The lowest BCUT2D eigenvalue weighted by Gasteiger charge is -2.24. The first-order valence-electron chi connectivity index (χ1n) is 19.9. The third-order valence-electron chi connectivity index (χ3n) is 8.55. The Balaban J connectivity index is 4.42. The van der Waals surface area contributed by atoms with E-state index in [-0.39, 0.29) is 32.0 Å². The van der Waals surface area contributed by atoms with E-state index < -0.39 is 26.5 Å². The number of esters is 2. The maximum Gasteiger partial charge on any atom is 0.472 e. The lowest BCUT2D eigenvalue weighted by Crippen LogP contribution is -2.37. The number of allylic oxidation sites excluding steroid dienone is 2. The molecule has 0 aliphatic rings. The van der Waals surface area contributed by atoms with Crippen LogP contribution in [0.25, 0.3) is 0 Å². The maximum absolute atomic E-state index is 12.6. The molecule has 0 saturated heterocycles. The summed E-state index contributed by atoms with van der Waals surface area (Å²) in [6.45, 7) is 4.39. The second kappa shape index (κ2) is 32.6. The number of carbonyl (C=O) groups is 2. The van der Waals surface area contributed by atoms with E-state index in [1.54, 1.807) is 0 Å². The molecule has 0 aromatic carbocycles. The number of phosphoric acid groups is 1. The molecule has 49 heavy (non-hydrogen) atoms. The summed E-state index contributed by atoms with van der Waals surface area (Å²) in [7, 11) is 1.48. The quantitative estimate of drug-likeness (QED) is 0.0224. The van der Waals surface area contributed by atoms with Crippen LogP contribution in [-0.4, -0.2) is 74.9 Å². The van der Waals surface area contributed by atoms with Gasteiger partial charge in [-0.25, -0.2) is 4.57 Å². The predicted molar refractivity (Wildman–Crippen MR) is 201 cm³/mol. The fourth-order valence-corrected chi connectivity index (χ4v) is 6.10. The maximum atomic E-state index is 12.6. The van der Waals surface area contributed by atoms with Gasteiger partial charge < -0.3 is 18.9 Å². The molecule has 0 radical (unpaired) electrons. The van der Waals surface area contributed by atoms with Crippen molar-refractivity contribution in [3.63, 3.8) is 0 Å². The van der Waals surface area contributed by atoms with Gasteiger partial charge in [-0.1, -0.05) is 135 Å². The lowest BCUT2D eigenvalue weighted by molar-refractivity contribution is -0.870. The zero-order chi connectivity index (χ0) is 36.5. The van der Waals surface area contributed by atoms with Gasteiger partial charge in [0.1, 0.15) is 19.8 Å². The van der Waals surface area contributed by atoms with E-state index >= 15 is 0 Å². The third kappa shape index (κ3) is 36.3. The van der Waals surface area contributed by atoms with E-state index in [1.807, 2.05) is 21.1 Å². The smallest absolute Gasteiger partial charge is 0.462 e. The number of ether oxygens (including phenoxy) is 2. The molecule has 0 saturated carbocycles. The van der Waals surface area contributed by atoms with Crippen LogP contribution in [0.5, 0.6) is 0 Å². The Bertz CT molecular complexity index is 860. The largest absolute Gasteiger partial charge is 0.472 e. The van der Waals surface area contributed by atoms with Gasteiger partial charge in [0.25, 0.3) is 0 Å². The molecule has 10 heteroatoms. The average Bonchev–Trinajstić information content (AvgIpc) is 3.04. The van der Waals surface area contributed by atoms with Crippen molar-refractivity contribution in [2.75, 3.05) is 47.5 Å². The Morgan fingerprint density at radius 3 is 1.55 bits per heavy atom. The molecular weight excluding hydrogens is 641 g/mol. The molecular formula is C39H77NO8P+. The lowest BCUT2D eigenvalue weighted by atomic mass is 10.0. The van der Waals surface area contributed by atoms with Crippen molar-refractivity contribution in [3.8, 4) is 0 Å². The fraction of sp³-hybridized carbons (Fsp3) is 0.897. The molecule has 0 fully saturated rings. The number of phosphoric ester groups is 1. The van der Waals surface area contributed by atoms with Crippen molar-refractivity contribution in [2.45, 2.75) is 180 Å². The SMILES string of the molecule is CCCCC/C=C/CCCCCCCC(=O)OC[C@H](COP(=O)(O)OCC[N+](C)(C)C)OC(=O)CCCCCCCCCCCCCCC. The summed E-state index contributed by atoms with van der Waals surface area (Å²) in [5.41, 5.74) is 0. The molecule has 0 aromatic heterocycles. The highest BCUT2D eigenvalue weighted by molar-refractivity contribution is 7.47. The van der Waals surface area contributed by atoms with Crippen molar-refractivity contribution in [1.82, 2.24) is 0 Å². The highest BCUT2D eigenvalue weighted by atomic mass is 31.2. The summed E-state index contributed by atoms with van der Waals surface area (Å²) >= 11 is 0. The molecule has 0 aliphatic carbocycles. The summed E-state index contributed by atoms with van der Waals surface area (Å²) in [5.74, 6) is -0.804. The number of likely N-dealkylation sites (N-methyl/N-ethyl adjacent to an activating group) is 1. The average molecular weight is 719 g/mol. The van der Waals surface area contributed by atoms with E-state index in [1.165, 1.54) is 89.9 Å². The van der Waals surface area contributed by atoms with E-state index in [4.69, 9.17) is 18.5 Å². The highest BCUT2D eigenvalue weighted by Gasteiger charge is 2.27. The summed E-state index contributed by atoms with van der Waals surface area (Å²) in [5, 5.41) is 0. The highest BCUT2D eigenvalue weighted by Crippen LogP contribution is 2.43. The molecule has 0 bridgehead atoms. The molecule has 290 valence electrons. The van der Waals surface area contributed by atoms with Crippen LogP contribution in [0, 0.1) is 0 Å². The van der Waals surface area contributed by atoms with Crippen LogP contribution in [0.4, 0.5) is 0 Å². The fourth-order valence-electron chi connectivity index (χ4n) is 5.36. The standard InChI is InChI=1S/C39H76NO8P/c1-6-8-10-12-14-16-18-20-22-24-26-28-30-32-39(42)48-37(36-47-49(43,44)46-34-33-40(3,4)5)35-45-38(41)31-29-27-25-23-21-19-17-15-13-11-9-7-2/h15,17,37H,6-14,16,18-36H2,1-5H3/p+1/b17-15+/t37-/m1/s1. The topological polar surface area (TPSA) is 108 Å². The Morgan fingerprint density at radius 2 is 1.04 bits per heavy atom. The van der Waals surface area contributed by atoms with Crippen LogP contribution in [-0.2, 0) is 32.7 Å². The Morgan fingerprint density at radius 1 is 0.612 bits per heavy atom. The summed E-state index contributed by atoms with van der Waals surface area (Å²) in [6.07, 6.45) is 31.1. The molecule has 0 heterocycles. The number of nitrogens with zero attached hydrogens (tertiary/aromatic N) is 1. The van der Waals surface area contributed by atoms with Crippen molar-refractivity contribution in [3.05, 3.63) is 12.2 Å². The first-order valence-corrected chi connectivity index (χ1v) is 21.4. The molecule has 0 spiro atoms. The first kappa shape index (κ1) is 47.8. The monoisotopic (exact) mass is 719 g/mol. The van der Waals surface area contributed by atoms with Gasteiger partial charge in [-0.2, -0.15) is 0 Å². The Kier molecular flexibility index (Phi) is 31.8. The number of unbranched alkanes of at least 4 members (excludes halogenated alkanes) is 20. The van der Waals surface area contributed by atoms with E-state index in [2.05, 4.69) is 26.0 Å². The van der Waals surface area contributed by atoms with Gasteiger partial charge in [-0.15, -0.1) is 0 Å². The van der Waals surface area contributed by atoms with E-state index in [0.29, 0.717) is 17.4 Å². The van der Waals surface area contributed by atoms with Gasteiger partial charge in [0.05, 0.1) is 27.7 Å². The van der Waals surface area contributed by atoms with E-state index in [9.17, 15) is 19.0 Å². The Labute approximate surface area is 301 Å². The molecule has 1 N–H and O–H groups in total. The van der Waals surface area contributed by atoms with Crippen LogP contribution in [0.2, 0.25) is 0 Å². The second-order valence-electron chi connectivity index (χ2n) is 14.7. The van der Waals surface area contributed by atoms with Crippen molar-refractivity contribution in [2.24, 2.45) is 0 Å². The van der Waals surface area contributed by atoms with Crippen LogP contribution < -0.4 is 0 Å². The zero-order valence-corrected chi connectivity index (χ0v) is 33.3. The van der Waals surface area contributed by atoms with Crippen LogP contribution in [0.15, 0.2) is 12.2 Å². The molecule has 0 amide bonds. The molecule has 1 unspecified atom stereocenters. The molecule has 2 atom stereocenters. The number of hydrogen-bond donors (Lipinski definition) is 1. The molecule has 0 aliphatic heterocycles. The number of quaternary nitrogens is 1. The Hall–Kier alpha value is -1.25. The van der Waals surface area contributed by atoms with Crippen molar-refractivity contribution >= 4 is 19.8 Å². The first-order chi connectivity index (χ1) is 23.5. The van der Waals surface area contributed by atoms with E-state index in [0.717, 1.165) is 51.4 Å². The summed E-state index contributed by atoms with van der Waals surface area (Å²) in [6, 6.07) is 0. The molecule has 0 rings (SSSR count). The minimum Gasteiger partial charge on any atom is -0.462 e. The second-order valence-corrected chi connectivity index (χ2v) is 16.1. The minimum atomic E-state index is -4.36. The van der Waals surface area contributed by atoms with Gasteiger partial charge in [-0.3, -0.25) is 18.6 Å². The van der Waals surface area contributed by atoms with Gasteiger partial charge in [0, 0.05) is 12.8 Å². The molecule has 0 aromatic rings. The number of carbonyl (C=O) groups excluding carboxylic acids is 2. The van der Waals surface area contributed by atoms with Gasteiger partial charge in [0.2, 0.25) is 0 Å². The van der Waals surface area contributed by atoms with Gasteiger partial charge >= 0.3 is 19.8 Å². The predicted octanol–water partition coefficient (Wildman–Crippen LogP) is 10.6. The number of rotatable bonds is 36.